The van der Waals surface area contributed by atoms with Crippen molar-refractivity contribution in [3.05, 3.63) is 59.2 Å². The van der Waals surface area contributed by atoms with Gasteiger partial charge in [0, 0.05) is 23.0 Å². The van der Waals surface area contributed by atoms with Crippen LogP contribution in [-0.2, 0) is 19.9 Å². The van der Waals surface area contributed by atoms with Gasteiger partial charge in [0.05, 0.1) is 18.1 Å². The molecule has 7 heteroatoms. The number of carbonyl (C=O) groups excluding carboxylic acids is 3. The van der Waals surface area contributed by atoms with E-state index in [4.69, 9.17) is 4.74 Å². The predicted octanol–water partition coefficient (Wildman–Crippen LogP) is 3.44. The smallest absolute Gasteiger partial charge is 0.338 e. The SMILES string of the molecule is CCOC(=O)c1ccc(NC(=O)[C@@H]2C[C@H]3CCCN3[C@@]23C(=O)Nc2c(C)cccc23)cc1. The minimum absolute atomic E-state index is 0.107. The molecule has 7 nitrogen and oxygen atoms in total. The monoisotopic (exact) mass is 433 g/mol. The Labute approximate surface area is 187 Å². The second kappa shape index (κ2) is 7.74. The molecule has 3 aliphatic rings. The number of ether oxygens (including phenoxy) is 1. The van der Waals surface area contributed by atoms with E-state index in [-0.39, 0.29) is 17.9 Å². The Morgan fingerprint density at radius 1 is 1.22 bits per heavy atom. The average Bonchev–Trinajstić information content (AvgIpc) is 3.44. The highest BCUT2D eigenvalue weighted by atomic mass is 16.5. The largest absolute Gasteiger partial charge is 0.462 e. The zero-order chi connectivity index (χ0) is 22.5. The summed E-state index contributed by atoms with van der Waals surface area (Å²) in [6, 6.07) is 12.8. The third-order valence-electron chi connectivity index (χ3n) is 7.09. The summed E-state index contributed by atoms with van der Waals surface area (Å²) in [7, 11) is 0. The van der Waals surface area contributed by atoms with Gasteiger partial charge in [-0.2, -0.15) is 0 Å². The van der Waals surface area contributed by atoms with Crippen LogP contribution in [0, 0.1) is 12.8 Å². The van der Waals surface area contributed by atoms with Crippen molar-refractivity contribution < 1.29 is 19.1 Å². The van der Waals surface area contributed by atoms with Crippen molar-refractivity contribution >= 4 is 29.2 Å². The van der Waals surface area contributed by atoms with Crippen molar-refractivity contribution in [3.8, 4) is 0 Å². The Morgan fingerprint density at radius 2 is 2.00 bits per heavy atom. The number of benzene rings is 2. The van der Waals surface area contributed by atoms with Crippen molar-refractivity contribution in [2.24, 2.45) is 5.92 Å². The van der Waals surface area contributed by atoms with Crippen LogP contribution in [0.15, 0.2) is 42.5 Å². The molecule has 3 aliphatic heterocycles. The van der Waals surface area contributed by atoms with Gasteiger partial charge in [0.1, 0.15) is 5.54 Å². The van der Waals surface area contributed by atoms with Crippen LogP contribution in [0.25, 0.3) is 0 Å². The van der Waals surface area contributed by atoms with Crippen LogP contribution < -0.4 is 10.6 Å². The number of nitrogens with zero attached hydrogens (tertiary/aromatic N) is 1. The van der Waals surface area contributed by atoms with Crippen LogP contribution in [0.5, 0.6) is 0 Å². The third-order valence-corrected chi connectivity index (χ3v) is 7.09. The number of aryl methyl sites for hydroxylation is 1. The van der Waals surface area contributed by atoms with Gasteiger partial charge in [-0.1, -0.05) is 18.2 Å². The van der Waals surface area contributed by atoms with Crippen LogP contribution in [-0.4, -0.2) is 41.9 Å². The molecule has 0 radical (unpaired) electrons. The lowest BCUT2D eigenvalue weighted by Gasteiger charge is -2.36. The van der Waals surface area contributed by atoms with Gasteiger partial charge < -0.3 is 15.4 Å². The lowest BCUT2D eigenvalue weighted by atomic mass is 9.78. The standard InChI is InChI=1S/C25H27N3O4/c1-3-32-23(30)16-9-11-17(12-10-16)26-22(29)20-14-18-7-5-13-28(18)25(20)19-8-4-6-15(2)21(19)27-24(25)31/h4,6,8-12,18,20H,3,5,7,13-14H2,1-2H3,(H,26,29)(H,27,31)/t18-,20+,25-/m1/s1. The topological polar surface area (TPSA) is 87.7 Å². The fourth-order valence-corrected chi connectivity index (χ4v) is 5.73. The molecule has 1 spiro atoms. The maximum atomic E-state index is 13.6. The van der Waals surface area contributed by atoms with E-state index in [1.54, 1.807) is 31.2 Å². The second-order valence-corrected chi connectivity index (χ2v) is 8.78. The molecule has 2 fully saturated rings. The van der Waals surface area contributed by atoms with Gasteiger partial charge >= 0.3 is 5.97 Å². The fourth-order valence-electron chi connectivity index (χ4n) is 5.73. The molecule has 2 aromatic carbocycles. The number of rotatable bonds is 4. The highest BCUT2D eigenvalue weighted by molar-refractivity contribution is 6.11. The lowest BCUT2D eigenvalue weighted by molar-refractivity contribution is -0.135. The molecule has 0 bridgehead atoms. The van der Waals surface area contributed by atoms with Crippen molar-refractivity contribution in [1.29, 1.82) is 0 Å². The minimum atomic E-state index is -0.975. The Bertz CT molecular complexity index is 1100. The van der Waals surface area contributed by atoms with Crippen molar-refractivity contribution in [2.75, 3.05) is 23.8 Å². The molecule has 0 unspecified atom stereocenters. The normalized spacial score (nSPS) is 26.0. The molecule has 2 saturated heterocycles. The van der Waals surface area contributed by atoms with E-state index in [0.29, 0.717) is 24.3 Å². The van der Waals surface area contributed by atoms with Gasteiger partial charge in [-0.15, -0.1) is 0 Å². The first-order chi connectivity index (χ1) is 15.5. The predicted molar refractivity (Wildman–Crippen MR) is 120 cm³/mol. The van der Waals surface area contributed by atoms with Crippen molar-refractivity contribution in [3.63, 3.8) is 0 Å². The van der Waals surface area contributed by atoms with Crippen molar-refractivity contribution in [2.45, 2.75) is 44.7 Å². The number of amides is 2. The maximum absolute atomic E-state index is 13.6. The van der Waals surface area contributed by atoms with E-state index in [1.807, 2.05) is 25.1 Å². The number of nitrogens with one attached hydrogen (secondary N) is 2. The van der Waals surface area contributed by atoms with Crippen LogP contribution in [0.1, 0.15) is 47.7 Å². The highest BCUT2D eigenvalue weighted by Crippen LogP contribution is 2.56. The number of para-hydroxylation sites is 1. The second-order valence-electron chi connectivity index (χ2n) is 8.78. The van der Waals surface area contributed by atoms with E-state index in [1.165, 1.54) is 0 Å². The number of hydrogen-bond acceptors (Lipinski definition) is 5. The molecule has 5 rings (SSSR count). The van der Waals surface area contributed by atoms with Crippen molar-refractivity contribution in [1.82, 2.24) is 4.90 Å². The molecule has 0 saturated carbocycles. The minimum Gasteiger partial charge on any atom is -0.462 e. The molecule has 166 valence electrons. The zero-order valence-corrected chi connectivity index (χ0v) is 18.3. The molecule has 0 aromatic heterocycles. The summed E-state index contributed by atoms with van der Waals surface area (Å²) in [5.74, 6) is -1.17. The van der Waals surface area contributed by atoms with Gasteiger partial charge in [-0.05, 0) is 69.5 Å². The Morgan fingerprint density at radius 3 is 2.75 bits per heavy atom. The average molecular weight is 434 g/mol. The summed E-state index contributed by atoms with van der Waals surface area (Å²) in [6.45, 7) is 4.86. The van der Waals surface area contributed by atoms with Crippen LogP contribution in [0.4, 0.5) is 11.4 Å². The molecule has 2 N–H and O–H groups in total. The summed E-state index contributed by atoms with van der Waals surface area (Å²) in [4.78, 5) is 41.2. The molecule has 3 heterocycles. The number of anilines is 2. The summed E-state index contributed by atoms with van der Waals surface area (Å²) in [6.07, 6.45) is 2.67. The van der Waals surface area contributed by atoms with Gasteiger partial charge in [0.15, 0.2) is 0 Å². The van der Waals surface area contributed by atoms with E-state index < -0.39 is 17.4 Å². The summed E-state index contributed by atoms with van der Waals surface area (Å²) in [5, 5.41) is 6.07. The maximum Gasteiger partial charge on any atom is 0.338 e. The molecule has 3 atom stereocenters. The Balaban J connectivity index is 1.47. The Hall–Kier alpha value is -3.19. The third kappa shape index (κ3) is 2.95. The molecule has 2 amide bonds. The number of esters is 1. The van der Waals surface area contributed by atoms with Gasteiger partial charge in [-0.3, -0.25) is 14.5 Å². The fraction of sp³-hybridized carbons (Fsp3) is 0.400. The molecular formula is C25H27N3O4. The van der Waals surface area contributed by atoms with Gasteiger partial charge in [-0.25, -0.2) is 4.79 Å². The van der Waals surface area contributed by atoms with E-state index in [9.17, 15) is 14.4 Å². The summed E-state index contributed by atoms with van der Waals surface area (Å²) in [5.41, 5.74) is 2.79. The van der Waals surface area contributed by atoms with Crippen LogP contribution in [0.2, 0.25) is 0 Å². The van der Waals surface area contributed by atoms with Gasteiger partial charge in [0.25, 0.3) is 0 Å². The highest BCUT2D eigenvalue weighted by Gasteiger charge is 2.65. The Kier molecular flexibility index (Phi) is 5.01. The van der Waals surface area contributed by atoms with Crippen LogP contribution in [0.3, 0.4) is 0 Å². The molecular weight excluding hydrogens is 406 g/mol. The lowest BCUT2D eigenvalue weighted by Crippen LogP contribution is -2.53. The number of carbonyl (C=O) groups is 3. The van der Waals surface area contributed by atoms with Crippen LogP contribution >= 0.6 is 0 Å². The first-order valence-corrected chi connectivity index (χ1v) is 11.2. The first-order valence-electron chi connectivity index (χ1n) is 11.2. The first kappa shape index (κ1) is 20.7. The van der Waals surface area contributed by atoms with E-state index in [0.717, 1.165) is 36.2 Å². The summed E-state index contributed by atoms with van der Waals surface area (Å²) >= 11 is 0. The number of fused-ring (bicyclic) bond motifs is 4. The quantitative estimate of drug-likeness (QED) is 0.722. The number of hydrogen-bond donors (Lipinski definition) is 2. The van der Waals surface area contributed by atoms with E-state index in [2.05, 4.69) is 15.5 Å². The van der Waals surface area contributed by atoms with E-state index >= 15 is 0 Å². The zero-order valence-electron chi connectivity index (χ0n) is 18.3. The molecule has 32 heavy (non-hydrogen) atoms. The molecule has 0 aliphatic carbocycles. The van der Waals surface area contributed by atoms with Gasteiger partial charge in [0.2, 0.25) is 11.8 Å². The summed E-state index contributed by atoms with van der Waals surface area (Å²) < 4.78 is 5.01. The molecule has 2 aromatic rings.